The third kappa shape index (κ3) is 9.32. The van der Waals surface area contributed by atoms with E-state index in [1.54, 1.807) is 16.2 Å². The van der Waals surface area contributed by atoms with Gasteiger partial charge in [-0.3, -0.25) is 14.4 Å². The summed E-state index contributed by atoms with van der Waals surface area (Å²) >= 11 is 1.60. The van der Waals surface area contributed by atoms with Gasteiger partial charge in [0.05, 0.1) is 48.6 Å². The molecule has 0 spiro atoms. The summed E-state index contributed by atoms with van der Waals surface area (Å²) < 4.78 is 10.7. The average molecular weight is 588 g/mol. The molecule has 2 heterocycles. The zero-order chi connectivity index (χ0) is 30.0. The number of amides is 3. The zero-order valence-electron chi connectivity index (χ0n) is 24.9. The van der Waals surface area contributed by atoms with Crippen molar-refractivity contribution >= 4 is 29.1 Å². The fraction of sp³-hybridized carbons (Fsp3) is 0.600. The van der Waals surface area contributed by atoms with Gasteiger partial charge in [-0.25, -0.2) is 4.98 Å². The van der Waals surface area contributed by atoms with Crippen LogP contribution in [0.15, 0.2) is 29.8 Å². The number of aromatic nitrogens is 1. The Hall–Kier alpha value is -2.86. The number of carbonyl (C=O) groups is 3. The molecule has 11 heteroatoms. The molecular formula is C30H45N5O5S. The lowest BCUT2D eigenvalue weighted by molar-refractivity contribution is -0.144. The number of benzene rings is 1. The predicted octanol–water partition coefficient (Wildman–Crippen LogP) is 3.20. The van der Waals surface area contributed by atoms with Gasteiger partial charge in [-0.2, -0.15) is 0 Å². The third-order valence-electron chi connectivity index (χ3n) is 7.14. The van der Waals surface area contributed by atoms with E-state index in [4.69, 9.17) is 15.2 Å². The Kier molecular flexibility index (Phi) is 12.3. The van der Waals surface area contributed by atoms with Crippen molar-refractivity contribution in [3.8, 4) is 10.4 Å². The minimum absolute atomic E-state index is 0.125. The molecule has 3 amide bonds. The van der Waals surface area contributed by atoms with Crippen LogP contribution in [0.25, 0.3) is 10.4 Å². The van der Waals surface area contributed by atoms with Crippen LogP contribution in [-0.4, -0.2) is 79.2 Å². The second-order valence-corrected chi connectivity index (χ2v) is 12.3. The number of rotatable bonds is 14. The molecule has 0 bridgehead atoms. The number of hydrogen-bond acceptors (Lipinski definition) is 8. The fourth-order valence-corrected chi connectivity index (χ4v) is 5.63. The highest BCUT2D eigenvalue weighted by molar-refractivity contribution is 7.13. The minimum Gasteiger partial charge on any atom is -0.379 e. The van der Waals surface area contributed by atoms with Crippen LogP contribution in [0, 0.1) is 12.3 Å². The Labute approximate surface area is 247 Å². The van der Waals surface area contributed by atoms with Crippen molar-refractivity contribution in [3.63, 3.8) is 0 Å². The molecule has 41 heavy (non-hydrogen) atoms. The molecule has 1 aromatic carbocycles. The molecule has 1 unspecified atom stereocenters. The molecule has 0 saturated carbocycles. The summed E-state index contributed by atoms with van der Waals surface area (Å²) in [5, 5.41) is 5.99. The Bertz CT molecular complexity index is 1150. The maximum absolute atomic E-state index is 13.7. The Morgan fingerprint density at radius 1 is 1.10 bits per heavy atom. The summed E-state index contributed by atoms with van der Waals surface area (Å²) in [6.07, 6.45) is 1.43. The predicted molar refractivity (Wildman–Crippen MR) is 160 cm³/mol. The lowest BCUT2D eigenvalue weighted by atomic mass is 9.85. The number of hydrogen-bond donors (Lipinski definition) is 3. The van der Waals surface area contributed by atoms with Gasteiger partial charge in [0.25, 0.3) is 0 Å². The van der Waals surface area contributed by atoms with E-state index in [0.29, 0.717) is 39.3 Å². The molecule has 1 aromatic heterocycles. The Morgan fingerprint density at radius 3 is 2.39 bits per heavy atom. The van der Waals surface area contributed by atoms with Crippen molar-refractivity contribution in [2.75, 3.05) is 39.5 Å². The molecular weight excluding hydrogens is 542 g/mol. The van der Waals surface area contributed by atoms with Crippen molar-refractivity contribution in [1.29, 1.82) is 0 Å². The highest BCUT2D eigenvalue weighted by atomic mass is 32.1. The van der Waals surface area contributed by atoms with E-state index in [1.807, 2.05) is 64.4 Å². The summed E-state index contributed by atoms with van der Waals surface area (Å²) in [6.45, 7) is 12.1. The molecule has 1 aliphatic rings. The van der Waals surface area contributed by atoms with Crippen LogP contribution in [-0.2, 0) is 23.9 Å². The minimum atomic E-state index is -0.767. The summed E-state index contributed by atoms with van der Waals surface area (Å²) in [5.74, 6) is -0.696. The molecule has 226 valence electrons. The summed E-state index contributed by atoms with van der Waals surface area (Å²) in [5.41, 5.74) is 9.75. The molecule has 3 atom stereocenters. The lowest BCUT2D eigenvalue weighted by Gasteiger charge is -2.35. The molecule has 2 aromatic rings. The molecule has 10 nitrogen and oxygen atoms in total. The topological polar surface area (TPSA) is 136 Å². The van der Waals surface area contributed by atoms with Crippen molar-refractivity contribution in [1.82, 2.24) is 20.5 Å². The number of ether oxygens (including phenoxy) is 2. The Morgan fingerprint density at radius 2 is 1.78 bits per heavy atom. The van der Waals surface area contributed by atoms with Crippen LogP contribution in [0.3, 0.4) is 0 Å². The van der Waals surface area contributed by atoms with Gasteiger partial charge in [-0.05, 0) is 43.2 Å². The van der Waals surface area contributed by atoms with Gasteiger partial charge in [0.2, 0.25) is 17.7 Å². The highest BCUT2D eigenvalue weighted by Gasteiger charge is 2.42. The van der Waals surface area contributed by atoms with Gasteiger partial charge in [0.15, 0.2) is 0 Å². The van der Waals surface area contributed by atoms with E-state index in [1.165, 1.54) is 0 Å². The number of nitrogens with one attached hydrogen (secondary N) is 2. The average Bonchev–Trinajstić information content (AvgIpc) is 3.60. The molecule has 1 saturated heterocycles. The number of thiazole rings is 1. The van der Waals surface area contributed by atoms with Gasteiger partial charge in [0.1, 0.15) is 12.1 Å². The first-order chi connectivity index (χ1) is 19.5. The molecule has 0 radical (unpaired) electrons. The molecule has 1 aliphatic heterocycles. The standard InChI is InChI=1S/C30H45N5O5S/c1-20(22-8-10-23(11-9-22)26-21(2)32-19-41-26)33-28(37)24-7-6-14-35(24)29(38)27(30(3,4)5)34-25(36)12-15-39-17-18-40-16-13-31/h8-11,19-20,24,27H,6-7,12-18,31H2,1-5H3,(H,33,37)(H,34,36)/t20-,24-,27?/m0/s1. The number of likely N-dealkylation sites (tertiary alicyclic amines) is 1. The van der Waals surface area contributed by atoms with E-state index in [2.05, 4.69) is 15.6 Å². The quantitative estimate of drug-likeness (QED) is 0.289. The number of carbonyl (C=O) groups excluding carboxylic acids is 3. The van der Waals surface area contributed by atoms with Crippen LogP contribution < -0.4 is 16.4 Å². The Balaban J connectivity index is 1.57. The SMILES string of the molecule is Cc1ncsc1-c1ccc([C@H](C)NC(=O)[C@@H]2CCCN2C(=O)C(NC(=O)CCOCCOCCN)C(C)(C)C)cc1. The first-order valence-electron chi connectivity index (χ1n) is 14.3. The van der Waals surface area contributed by atoms with Crippen molar-refractivity contribution in [2.45, 2.75) is 72.0 Å². The van der Waals surface area contributed by atoms with Crippen LogP contribution in [0.4, 0.5) is 0 Å². The van der Waals surface area contributed by atoms with E-state index in [0.717, 1.165) is 28.1 Å². The van der Waals surface area contributed by atoms with Gasteiger partial charge in [-0.15, -0.1) is 11.3 Å². The van der Waals surface area contributed by atoms with E-state index in [9.17, 15) is 14.4 Å². The molecule has 3 rings (SSSR count). The van der Waals surface area contributed by atoms with Gasteiger partial charge in [0, 0.05) is 19.5 Å². The van der Waals surface area contributed by atoms with Crippen molar-refractivity contribution < 1.29 is 23.9 Å². The van der Waals surface area contributed by atoms with Crippen LogP contribution >= 0.6 is 11.3 Å². The van der Waals surface area contributed by atoms with E-state index in [-0.39, 0.29) is 36.8 Å². The van der Waals surface area contributed by atoms with Gasteiger partial charge >= 0.3 is 0 Å². The van der Waals surface area contributed by atoms with E-state index < -0.39 is 17.5 Å². The normalized spacial score (nSPS) is 16.8. The third-order valence-corrected chi connectivity index (χ3v) is 8.12. The van der Waals surface area contributed by atoms with Crippen LogP contribution in [0.5, 0.6) is 0 Å². The van der Waals surface area contributed by atoms with Crippen molar-refractivity contribution in [2.24, 2.45) is 11.1 Å². The summed E-state index contributed by atoms with van der Waals surface area (Å²) in [6, 6.07) is 6.54. The second-order valence-electron chi connectivity index (χ2n) is 11.4. The number of aryl methyl sites for hydroxylation is 1. The number of nitrogens with two attached hydrogens (primary N) is 1. The first-order valence-corrected chi connectivity index (χ1v) is 15.2. The van der Waals surface area contributed by atoms with E-state index >= 15 is 0 Å². The zero-order valence-corrected chi connectivity index (χ0v) is 25.7. The monoisotopic (exact) mass is 587 g/mol. The summed E-state index contributed by atoms with van der Waals surface area (Å²) in [7, 11) is 0. The van der Waals surface area contributed by atoms with Crippen LogP contribution in [0.2, 0.25) is 0 Å². The molecule has 1 fully saturated rings. The lowest BCUT2D eigenvalue weighted by Crippen LogP contribution is -2.57. The van der Waals surface area contributed by atoms with Gasteiger partial charge < -0.3 is 30.7 Å². The molecule has 0 aliphatic carbocycles. The smallest absolute Gasteiger partial charge is 0.246 e. The van der Waals surface area contributed by atoms with Gasteiger partial charge in [-0.1, -0.05) is 45.0 Å². The molecule has 4 N–H and O–H groups in total. The largest absolute Gasteiger partial charge is 0.379 e. The maximum Gasteiger partial charge on any atom is 0.246 e. The fourth-order valence-electron chi connectivity index (χ4n) is 4.82. The summed E-state index contributed by atoms with van der Waals surface area (Å²) in [4.78, 5) is 46.9. The van der Waals surface area contributed by atoms with Crippen LogP contribution in [0.1, 0.15) is 64.3 Å². The first kappa shape index (κ1) is 32.7. The maximum atomic E-state index is 13.7. The van der Waals surface area contributed by atoms with Crippen molar-refractivity contribution in [3.05, 3.63) is 41.0 Å². The number of nitrogens with zero attached hydrogens (tertiary/aromatic N) is 2. The highest BCUT2D eigenvalue weighted by Crippen LogP contribution is 2.29. The second kappa shape index (κ2) is 15.4.